The number of aryl methyl sites for hydroxylation is 1. The Hall–Kier alpha value is -1.12. The summed E-state index contributed by atoms with van der Waals surface area (Å²) < 4.78 is 0. The standard InChI is InChI=1S/C15H19NS/c1-3-12-6-8-13(9-7-12)11-14(16-2)15-5-4-10-17-15/h4-10,14,16H,3,11H2,1-2H3. The second-order valence-electron chi connectivity index (χ2n) is 4.23. The number of benzene rings is 1. The van der Waals surface area contributed by atoms with Gasteiger partial charge in [-0.15, -0.1) is 11.3 Å². The lowest BCUT2D eigenvalue weighted by molar-refractivity contribution is 0.602. The molecule has 0 saturated heterocycles. The third kappa shape index (κ3) is 3.18. The molecule has 0 amide bonds. The maximum Gasteiger partial charge on any atom is 0.0453 e. The van der Waals surface area contributed by atoms with E-state index < -0.39 is 0 Å². The van der Waals surface area contributed by atoms with Crippen LogP contribution in [0.4, 0.5) is 0 Å². The molecule has 0 aliphatic carbocycles. The summed E-state index contributed by atoms with van der Waals surface area (Å²) in [4.78, 5) is 1.41. The van der Waals surface area contributed by atoms with Crippen molar-refractivity contribution >= 4 is 11.3 Å². The zero-order chi connectivity index (χ0) is 12.1. The van der Waals surface area contributed by atoms with Crippen molar-refractivity contribution in [1.29, 1.82) is 0 Å². The number of nitrogens with one attached hydrogen (secondary N) is 1. The Labute approximate surface area is 108 Å². The molecule has 90 valence electrons. The van der Waals surface area contributed by atoms with E-state index in [0.29, 0.717) is 6.04 Å². The molecule has 2 heteroatoms. The molecule has 2 rings (SSSR count). The molecule has 0 spiro atoms. The molecule has 2 aromatic rings. The van der Waals surface area contributed by atoms with Crippen LogP contribution in [0.25, 0.3) is 0 Å². The van der Waals surface area contributed by atoms with Crippen LogP contribution < -0.4 is 5.32 Å². The van der Waals surface area contributed by atoms with E-state index >= 15 is 0 Å². The van der Waals surface area contributed by atoms with Crippen molar-refractivity contribution in [2.45, 2.75) is 25.8 Å². The van der Waals surface area contributed by atoms with Gasteiger partial charge in [-0.2, -0.15) is 0 Å². The van der Waals surface area contributed by atoms with Crippen LogP contribution in [0.3, 0.4) is 0 Å². The van der Waals surface area contributed by atoms with Gasteiger partial charge in [-0.1, -0.05) is 37.3 Å². The van der Waals surface area contributed by atoms with Crippen molar-refractivity contribution in [3.63, 3.8) is 0 Å². The highest BCUT2D eigenvalue weighted by atomic mass is 32.1. The molecule has 1 aromatic heterocycles. The fourth-order valence-electron chi connectivity index (χ4n) is 1.98. The van der Waals surface area contributed by atoms with Gasteiger partial charge in [0.1, 0.15) is 0 Å². The number of thiophene rings is 1. The summed E-state index contributed by atoms with van der Waals surface area (Å²) in [6.07, 6.45) is 2.17. The third-order valence-electron chi connectivity index (χ3n) is 3.11. The van der Waals surface area contributed by atoms with Gasteiger partial charge >= 0.3 is 0 Å². The largest absolute Gasteiger partial charge is 0.312 e. The van der Waals surface area contributed by atoms with E-state index in [2.05, 4.69) is 54.0 Å². The van der Waals surface area contributed by atoms with Crippen LogP contribution in [0.5, 0.6) is 0 Å². The van der Waals surface area contributed by atoms with Crippen LogP contribution in [0, 0.1) is 0 Å². The number of rotatable bonds is 5. The van der Waals surface area contributed by atoms with Gasteiger partial charge < -0.3 is 5.32 Å². The molecule has 1 aromatic carbocycles. The van der Waals surface area contributed by atoms with Gasteiger partial charge in [0.05, 0.1) is 0 Å². The van der Waals surface area contributed by atoms with Gasteiger partial charge in [-0.25, -0.2) is 0 Å². The summed E-state index contributed by atoms with van der Waals surface area (Å²) in [5, 5.41) is 5.53. The van der Waals surface area contributed by atoms with Crippen molar-refractivity contribution in [3.8, 4) is 0 Å². The lowest BCUT2D eigenvalue weighted by Crippen LogP contribution is -2.17. The molecule has 0 aliphatic heterocycles. The summed E-state index contributed by atoms with van der Waals surface area (Å²) in [6, 6.07) is 13.7. The SMILES string of the molecule is CCc1ccc(CC(NC)c2cccs2)cc1. The Morgan fingerprint density at radius 2 is 1.82 bits per heavy atom. The minimum Gasteiger partial charge on any atom is -0.312 e. The lowest BCUT2D eigenvalue weighted by Gasteiger charge is -2.14. The molecule has 1 heterocycles. The van der Waals surface area contributed by atoms with Crippen molar-refractivity contribution in [2.75, 3.05) is 7.05 Å². The van der Waals surface area contributed by atoms with Gasteiger partial charge in [-0.3, -0.25) is 0 Å². The summed E-state index contributed by atoms with van der Waals surface area (Å²) in [7, 11) is 2.03. The van der Waals surface area contributed by atoms with Gasteiger partial charge in [0, 0.05) is 10.9 Å². The monoisotopic (exact) mass is 245 g/mol. The highest BCUT2D eigenvalue weighted by molar-refractivity contribution is 7.10. The van der Waals surface area contributed by atoms with E-state index in [0.717, 1.165) is 12.8 Å². The molecule has 1 N–H and O–H groups in total. The minimum atomic E-state index is 0.433. The molecular formula is C15H19NS. The fraction of sp³-hybridized carbons (Fsp3) is 0.333. The average molecular weight is 245 g/mol. The Morgan fingerprint density at radius 3 is 2.35 bits per heavy atom. The van der Waals surface area contributed by atoms with Crippen LogP contribution in [-0.4, -0.2) is 7.05 Å². The topological polar surface area (TPSA) is 12.0 Å². The molecule has 0 aliphatic rings. The summed E-state index contributed by atoms with van der Waals surface area (Å²) >= 11 is 1.82. The van der Waals surface area contributed by atoms with E-state index in [-0.39, 0.29) is 0 Å². The van der Waals surface area contributed by atoms with Gasteiger partial charge in [-0.05, 0) is 42.5 Å². The molecule has 0 saturated carbocycles. The third-order valence-corrected chi connectivity index (χ3v) is 4.09. The first-order chi connectivity index (χ1) is 8.33. The fourth-order valence-corrected chi connectivity index (χ4v) is 2.82. The Morgan fingerprint density at radius 1 is 1.12 bits per heavy atom. The van der Waals surface area contributed by atoms with E-state index in [1.165, 1.54) is 16.0 Å². The van der Waals surface area contributed by atoms with Crippen molar-refractivity contribution in [3.05, 3.63) is 57.8 Å². The van der Waals surface area contributed by atoms with Crippen molar-refractivity contribution in [2.24, 2.45) is 0 Å². The highest BCUT2D eigenvalue weighted by Gasteiger charge is 2.10. The smallest absolute Gasteiger partial charge is 0.0453 e. The van der Waals surface area contributed by atoms with Crippen LogP contribution in [0.1, 0.15) is 29.0 Å². The predicted molar refractivity (Wildman–Crippen MR) is 75.6 cm³/mol. The van der Waals surface area contributed by atoms with Crippen LogP contribution in [0.15, 0.2) is 41.8 Å². The number of likely N-dealkylation sites (N-methyl/N-ethyl adjacent to an activating group) is 1. The predicted octanol–water partition coefficient (Wildman–Crippen LogP) is 3.81. The molecule has 17 heavy (non-hydrogen) atoms. The first-order valence-corrected chi connectivity index (χ1v) is 7.00. The second kappa shape index (κ2) is 5.99. The molecule has 0 fully saturated rings. The van der Waals surface area contributed by atoms with E-state index in [9.17, 15) is 0 Å². The van der Waals surface area contributed by atoms with E-state index in [1.54, 1.807) is 0 Å². The maximum atomic E-state index is 3.39. The molecule has 0 radical (unpaired) electrons. The van der Waals surface area contributed by atoms with Gasteiger partial charge in [0.15, 0.2) is 0 Å². The van der Waals surface area contributed by atoms with Crippen LogP contribution in [-0.2, 0) is 12.8 Å². The quantitative estimate of drug-likeness (QED) is 0.844. The molecule has 0 bridgehead atoms. The summed E-state index contributed by atoms with van der Waals surface area (Å²) in [5.41, 5.74) is 2.81. The second-order valence-corrected chi connectivity index (χ2v) is 5.21. The average Bonchev–Trinajstić information content (AvgIpc) is 2.90. The molecular weight excluding hydrogens is 226 g/mol. The zero-order valence-corrected chi connectivity index (χ0v) is 11.3. The summed E-state index contributed by atoms with van der Waals surface area (Å²) in [5.74, 6) is 0. The first-order valence-electron chi connectivity index (χ1n) is 6.12. The minimum absolute atomic E-state index is 0.433. The maximum absolute atomic E-state index is 3.39. The van der Waals surface area contributed by atoms with Gasteiger partial charge in [0.2, 0.25) is 0 Å². The molecule has 1 atom stereocenters. The Kier molecular flexibility index (Phi) is 4.35. The van der Waals surface area contributed by atoms with Crippen molar-refractivity contribution < 1.29 is 0 Å². The van der Waals surface area contributed by atoms with Crippen molar-refractivity contribution in [1.82, 2.24) is 5.32 Å². The lowest BCUT2D eigenvalue weighted by atomic mass is 10.0. The Bertz CT molecular complexity index is 430. The first kappa shape index (κ1) is 12.3. The zero-order valence-electron chi connectivity index (χ0n) is 10.4. The van der Waals surface area contributed by atoms with E-state index in [1.807, 2.05) is 18.4 Å². The van der Waals surface area contributed by atoms with E-state index in [4.69, 9.17) is 0 Å². The summed E-state index contributed by atoms with van der Waals surface area (Å²) in [6.45, 7) is 2.19. The van der Waals surface area contributed by atoms with Crippen LogP contribution in [0.2, 0.25) is 0 Å². The normalized spacial score (nSPS) is 12.6. The van der Waals surface area contributed by atoms with Crippen LogP contribution >= 0.6 is 11.3 Å². The molecule has 1 nitrogen and oxygen atoms in total. The Balaban J connectivity index is 2.07. The van der Waals surface area contributed by atoms with Gasteiger partial charge in [0.25, 0.3) is 0 Å². The highest BCUT2D eigenvalue weighted by Crippen LogP contribution is 2.22. The number of hydrogen-bond acceptors (Lipinski definition) is 2. The number of hydrogen-bond donors (Lipinski definition) is 1. The molecule has 1 unspecified atom stereocenters.